The van der Waals surface area contributed by atoms with Crippen LogP contribution < -0.4 is 11.5 Å². The van der Waals surface area contributed by atoms with Crippen LogP contribution in [0.25, 0.3) is 0 Å². The van der Waals surface area contributed by atoms with Gasteiger partial charge in [-0.15, -0.1) is 6.58 Å². The maximum Gasteiger partial charge on any atom is 0.355 e. The van der Waals surface area contributed by atoms with Crippen molar-refractivity contribution >= 4 is 43.8 Å². The maximum atomic E-state index is 12.7. The number of thioether (sulfide) groups is 2. The fourth-order valence-corrected chi connectivity index (χ4v) is 9.43. The summed E-state index contributed by atoms with van der Waals surface area (Å²) in [6.45, 7) is 2.41. The number of carbonyl (C=O) groups excluding carboxylic acids is 2. The van der Waals surface area contributed by atoms with E-state index >= 15 is 0 Å². The summed E-state index contributed by atoms with van der Waals surface area (Å²) < 4.78 is 16.3. The normalized spacial score (nSPS) is 38.4. The first kappa shape index (κ1) is 19.8. The molecule has 0 aromatic carbocycles. The van der Waals surface area contributed by atoms with Gasteiger partial charge in [-0.25, -0.2) is 0 Å². The van der Waals surface area contributed by atoms with Gasteiger partial charge < -0.3 is 25.4 Å². The Morgan fingerprint density at radius 3 is 1.96 bits per heavy atom. The van der Waals surface area contributed by atoms with Crippen molar-refractivity contribution in [3.05, 3.63) is 12.7 Å². The molecule has 4 N–H and O–H groups in total. The molecule has 0 spiro atoms. The number of carbonyl (C=O) groups is 2. The maximum absolute atomic E-state index is 12.7. The molecule has 2 bridgehead atoms. The van der Waals surface area contributed by atoms with E-state index in [1.54, 1.807) is 29.6 Å². The Hall–Kier alpha value is -0.523. The monoisotopic (exact) mass is 392 g/mol. The average molecular weight is 393 g/mol. The van der Waals surface area contributed by atoms with E-state index in [2.05, 4.69) is 6.58 Å². The summed E-state index contributed by atoms with van der Waals surface area (Å²) in [6, 6.07) is 0.281. The molecule has 24 heavy (non-hydrogen) atoms. The number of hydrogen-bond acceptors (Lipinski definition) is 9. The Balaban J connectivity index is 2.59. The van der Waals surface area contributed by atoms with Crippen molar-refractivity contribution in [2.45, 2.75) is 35.7 Å². The van der Waals surface area contributed by atoms with E-state index in [0.717, 1.165) is 0 Å². The lowest BCUT2D eigenvalue weighted by molar-refractivity contribution is -0.265. The molecule has 0 aromatic rings. The van der Waals surface area contributed by atoms with Crippen LogP contribution in [0.2, 0.25) is 6.04 Å². The Morgan fingerprint density at radius 2 is 1.58 bits per heavy atom. The van der Waals surface area contributed by atoms with E-state index in [-0.39, 0.29) is 6.04 Å². The van der Waals surface area contributed by atoms with Gasteiger partial charge in [0.1, 0.15) is 10.3 Å². The summed E-state index contributed by atoms with van der Waals surface area (Å²) in [5, 5.41) is -2.85. The SMILES string of the molecule is C=CC[Si]12OC(OC(=O)C1(N)CCSC)OC(=O)C2(N)CCSC. The second-order valence-electron chi connectivity index (χ2n) is 5.97. The smallest absolute Gasteiger partial charge is 0.355 e. The van der Waals surface area contributed by atoms with Crippen LogP contribution >= 0.6 is 23.5 Å². The van der Waals surface area contributed by atoms with Gasteiger partial charge in [0.2, 0.25) is 0 Å². The molecule has 2 heterocycles. The summed E-state index contributed by atoms with van der Waals surface area (Å²) in [6.07, 6.45) is 6.11. The summed E-state index contributed by atoms with van der Waals surface area (Å²) in [7, 11) is -3.38. The van der Waals surface area contributed by atoms with E-state index in [1.807, 2.05) is 12.5 Å². The van der Waals surface area contributed by atoms with E-state index in [1.165, 1.54) is 0 Å². The van der Waals surface area contributed by atoms with Gasteiger partial charge in [-0.05, 0) is 42.9 Å². The second kappa shape index (κ2) is 7.38. The van der Waals surface area contributed by atoms with Crippen molar-refractivity contribution in [1.29, 1.82) is 0 Å². The Bertz CT molecular complexity index is 501. The highest BCUT2D eigenvalue weighted by Gasteiger charge is 2.76. The zero-order valence-corrected chi connectivity index (χ0v) is 16.5. The molecule has 0 amide bonds. The Morgan fingerprint density at radius 1 is 1.12 bits per heavy atom. The zero-order valence-electron chi connectivity index (χ0n) is 13.9. The minimum atomic E-state index is -3.38. The van der Waals surface area contributed by atoms with E-state index in [0.29, 0.717) is 24.3 Å². The van der Waals surface area contributed by atoms with E-state index in [4.69, 9.17) is 25.4 Å². The first-order valence-corrected chi connectivity index (χ1v) is 12.5. The van der Waals surface area contributed by atoms with Crippen molar-refractivity contribution in [3.63, 3.8) is 0 Å². The van der Waals surface area contributed by atoms with Gasteiger partial charge >= 0.3 is 18.4 Å². The Labute approximate surface area is 151 Å². The number of nitrogens with two attached hydrogens (primary N) is 2. The zero-order chi connectivity index (χ0) is 18.0. The van der Waals surface area contributed by atoms with Crippen LogP contribution in [0.15, 0.2) is 12.7 Å². The molecule has 2 rings (SSSR count). The Kier molecular flexibility index (Phi) is 6.09. The van der Waals surface area contributed by atoms with Gasteiger partial charge in [-0.3, -0.25) is 9.59 Å². The van der Waals surface area contributed by atoms with Crippen LogP contribution in [0.3, 0.4) is 0 Å². The molecular formula is C14H24N2O5S2Si. The molecule has 0 aliphatic carbocycles. The number of hydrogen-bond donors (Lipinski definition) is 2. The topological polar surface area (TPSA) is 114 Å². The van der Waals surface area contributed by atoms with Crippen LogP contribution in [0.5, 0.6) is 0 Å². The minimum Gasteiger partial charge on any atom is -0.400 e. The van der Waals surface area contributed by atoms with Crippen LogP contribution in [-0.2, 0) is 23.5 Å². The first-order chi connectivity index (χ1) is 11.3. The molecular weight excluding hydrogens is 368 g/mol. The predicted molar refractivity (Wildman–Crippen MR) is 97.6 cm³/mol. The summed E-state index contributed by atoms with van der Waals surface area (Å²) in [5.74, 6) is 0.0406. The summed E-state index contributed by atoms with van der Waals surface area (Å²) in [5.41, 5.74) is 13.2. The molecule has 2 unspecified atom stereocenters. The highest BCUT2D eigenvalue weighted by Crippen LogP contribution is 2.46. The molecule has 0 radical (unpaired) electrons. The molecule has 7 nitrogen and oxygen atoms in total. The summed E-state index contributed by atoms with van der Waals surface area (Å²) >= 11 is 3.11. The van der Waals surface area contributed by atoms with E-state index < -0.39 is 37.1 Å². The van der Waals surface area contributed by atoms with Crippen molar-refractivity contribution in [2.75, 3.05) is 24.0 Å². The van der Waals surface area contributed by atoms with Gasteiger partial charge in [0, 0.05) is 0 Å². The largest absolute Gasteiger partial charge is 0.400 e. The van der Waals surface area contributed by atoms with Gasteiger partial charge in [0.25, 0.3) is 8.32 Å². The van der Waals surface area contributed by atoms with Crippen molar-refractivity contribution in [3.8, 4) is 0 Å². The molecule has 2 saturated heterocycles. The van der Waals surface area contributed by atoms with Crippen molar-refractivity contribution in [2.24, 2.45) is 11.5 Å². The van der Waals surface area contributed by atoms with Crippen LogP contribution in [0.1, 0.15) is 12.8 Å². The number of rotatable bonds is 8. The number of fused-ring (bicyclic) bond motifs is 2. The minimum absolute atomic E-state index is 0.281. The molecule has 2 fully saturated rings. The lowest BCUT2D eigenvalue weighted by atomic mass is 10.2. The lowest BCUT2D eigenvalue weighted by Crippen LogP contribution is -2.89. The van der Waals surface area contributed by atoms with Gasteiger partial charge in [0.15, 0.2) is 0 Å². The van der Waals surface area contributed by atoms with E-state index in [9.17, 15) is 9.59 Å². The number of esters is 2. The highest BCUT2D eigenvalue weighted by atomic mass is 32.2. The number of ether oxygens (including phenoxy) is 2. The molecule has 2 atom stereocenters. The highest BCUT2D eigenvalue weighted by molar-refractivity contribution is 7.98. The third-order valence-electron chi connectivity index (χ3n) is 4.71. The molecule has 10 heteroatoms. The third-order valence-corrected chi connectivity index (χ3v) is 11.2. The average Bonchev–Trinajstić information content (AvgIpc) is 2.54. The predicted octanol–water partition coefficient (Wildman–Crippen LogP) is 0.511. The van der Waals surface area contributed by atoms with Gasteiger partial charge in [-0.1, -0.05) is 6.08 Å². The molecule has 2 aliphatic heterocycles. The van der Waals surface area contributed by atoms with Gasteiger partial charge in [-0.2, -0.15) is 23.5 Å². The van der Waals surface area contributed by atoms with Crippen LogP contribution in [0, 0.1) is 0 Å². The fraction of sp³-hybridized carbons (Fsp3) is 0.714. The van der Waals surface area contributed by atoms with Crippen molar-refractivity contribution in [1.82, 2.24) is 0 Å². The molecule has 0 saturated carbocycles. The molecule has 0 aromatic heterocycles. The fourth-order valence-electron chi connectivity index (χ4n) is 3.31. The van der Waals surface area contributed by atoms with Crippen LogP contribution in [0.4, 0.5) is 0 Å². The standard InChI is InChI=1S/C14H24N2O5S2Si/c1-4-9-24-13(15,5-7-22-2)10(17)19-12(21-24)20-11(18)14(24,16)6-8-23-3/h4,12H,1,5-9,15-16H2,2-3H3. The number of allylic oxidation sites excluding steroid dienone is 1. The molecule has 136 valence electrons. The van der Waals surface area contributed by atoms with Gasteiger partial charge in [0.05, 0.1) is 0 Å². The first-order valence-electron chi connectivity index (χ1n) is 7.58. The summed E-state index contributed by atoms with van der Waals surface area (Å²) in [4.78, 5) is 25.4. The van der Waals surface area contributed by atoms with Crippen LogP contribution in [-0.4, -0.2) is 61.1 Å². The van der Waals surface area contributed by atoms with Crippen molar-refractivity contribution < 1.29 is 23.5 Å². The third kappa shape index (κ3) is 2.82. The second-order valence-corrected chi connectivity index (χ2v) is 12.0. The quantitative estimate of drug-likeness (QED) is 0.346. The molecule has 2 aliphatic rings. The lowest BCUT2D eigenvalue weighted by Gasteiger charge is -2.57.